The minimum Gasteiger partial charge on any atom is -0.0999 e. The molecule has 92 valence electrons. The first-order chi connectivity index (χ1) is 9.45. The van der Waals surface area contributed by atoms with Gasteiger partial charge in [-0.2, -0.15) is 0 Å². The van der Waals surface area contributed by atoms with Crippen molar-refractivity contribution in [2.24, 2.45) is 0 Å². The Morgan fingerprint density at radius 3 is 0.900 bits per heavy atom. The molecular weight excluding hydrogens is 361 g/mol. The van der Waals surface area contributed by atoms with Gasteiger partial charge in [-0.15, -0.1) is 0 Å². The summed E-state index contributed by atoms with van der Waals surface area (Å²) in [6.07, 6.45) is 0. The third kappa shape index (κ3) is 3.82. The molecule has 20 heavy (non-hydrogen) atoms. The van der Waals surface area contributed by atoms with Crippen LogP contribution in [0.1, 0.15) is 16.7 Å². The topological polar surface area (TPSA) is 0 Å². The number of hydrogen-bond acceptors (Lipinski definition) is 0. The summed E-state index contributed by atoms with van der Waals surface area (Å²) in [6.45, 7) is 0. The summed E-state index contributed by atoms with van der Waals surface area (Å²) < 4.78 is 0. The fourth-order valence-corrected chi connectivity index (χ4v) is 2.31. The monoisotopic (exact) mass is 376 g/mol. The molecule has 0 aliphatic rings. The largest absolute Gasteiger partial charge is 1.00 e. The van der Waals surface area contributed by atoms with Gasteiger partial charge in [0, 0.05) is 0 Å². The smallest absolute Gasteiger partial charge is 0.0999 e. The van der Waals surface area contributed by atoms with Crippen LogP contribution in [0.3, 0.4) is 0 Å². The molecule has 0 spiro atoms. The van der Waals surface area contributed by atoms with Crippen LogP contribution in [0.25, 0.3) is 0 Å². The van der Waals surface area contributed by atoms with Crippen molar-refractivity contribution in [3.8, 4) is 0 Å². The van der Waals surface area contributed by atoms with E-state index in [1.165, 1.54) is 22.6 Å². The second-order valence-electron chi connectivity index (χ2n) is 4.47. The van der Waals surface area contributed by atoms with Gasteiger partial charge < -0.3 is 0 Å². The molecule has 0 N–H and O–H groups in total. The average molecular weight is 376 g/mol. The quantitative estimate of drug-likeness (QED) is 0.483. The van der Waals surface area contributed by atoms with Crippen LogP contribution in [0.2, 0.25) is 0 Å². The molecule has 0 radical (unpaired) electrons. The first-order valence-corrected chi connectivity index (χ1v) is 6.48. The zero-order valence-electron chi connectivity index (χ0n) is 11.7. The summed E-state index contributed by atoms with van der Waals surface area (Å²) in [7, 11) is 0. The van der Waals surface area contributed by atoms with Gasteiger partial charge in [0.15, 0.2) is 0 Å². The van der Waals surface area contributed by atoms with Crippen molar-refractivity contribution in [2.75, 3.05) is 0 Å². The van der Waals surface area contributed by atoms with Gasteiger partial charge >= 0.3 is 68.9 Å². The summed E-state index contributed by atoms with van der Waals surface area (Å²) >= 11 is 0. The third-order valence-corrected chi connectivity index (χ3v) is 3.19. The summed E-state index contributed by atoms with van der Waals surface area (Å²) in [5, 5.41) is 0. The molecule has 0 aromatic heterocycles. The van der Waals surface area contributed by atoms with E-state index in [0.29, 0.717) is 0 Å². The fourth-order valence-electron chi connectivity index (χ4n) is 2.31. The van der Waals surface area contributed by atoms with E-state index in [9.17, 15) is 0 Å². The summed E-state index contributed by atoms with van der Waals surface area (Å²) in [4.78, 5) is 0. The average Bonchev–Trinajstić information content (AvgIpc) is 2.51. The van der Waals surface area contributed by atoms with E-state index >= 15 is 0 Å². The second-order valence-corrected chi connectivity index (χ2v) is 4.47. The zero-order chi connectivity index (χ0) is 12.9. The molecule has 0 atom stereocenters. The molecule has 0 saturated carbocycles. The second kappa shape index (κ2) is 8.13. The Morgan fingerprint density at radius 1 is 0.400 bits per heavy atom. The maximum Gasteiger partial charge on any atom is 1.00 e. The van der Waals surface area contributed by atoms with Gasteiger partial charge in [0.2, 0.25) is 0 Å². The van der Waals surface area contributed by atoms with E-state index in [0.717, 1.165) is 0 Å². The first kappa shape index (κ1) is 16.0. The molecule has 3 aromatic rings. The Bertz CT molecular complexity index is 524. The Hall–Kier alpha value is -0.418. The van der Waals surface area contributed by atoms with Crippen LogP contribution < -0.4 is 68.9 Å². The summed E-state index contributed by atoms with van der Waals surface area (Å²) in [5.41, 5.74) is 3.75. The number of rotatable bonds is 3. The van der Waals surface area contributed by atoms with E-state index in [1.54, 1.807) is 0 Å². The van der Waals surface area contributed by atoms with Crippen molar-refractivity contribution < 1.29 is 68.9 Å². The normalized spacial score (nSPS) is 9.60. The van der Waals surface area contributed by atoms with Crippen LogP contribution in [0.15, 0.2) is 91.0 Å². The number of benzene rings is 3. The SMILES string of the molecule is [Cs+].c1ccc([C-](c2ccccc2)c2ccccc2)cc1. The first-order valence-electron chi connectivity index (χ1n) is 6.48. The molecule has 0 saturated heterocycles. The molecule has 3 rings (SSSR count). The Kier molecular flexibility index (Phi) is 6.49. The number of hydrogen-bond donors (Lipinski definition) is 0. The van der Waals surface area contributed by atoms with Gasteiger partial charge in [-0.05, 0) is 0 Å². The predicted octanol–water partition coefficient (Wildman–Crippen LogP) is 1.71. The zero-order valence-corrected chi connectivity index (χ0v) is 17.9. The Balaban J connectivity index is 0.00000147. The van der Waals surface area contributed by atoms with Gasteiger partial charge in [-0.25, -0.2) is 0 Å². The van der Waals surface area contributed by atoms with Crippen molar-refractivity contribution >= 4 is 0 Å². The maximum atomic E-state index is 2.16. The summed E-state index contributed by atoms with van der Waals surface area (Å²) in [5.74, 6) is 1.28. The van der Waals surface area contributed by atoms with E-state index < -0.39 is 0 Å². The molecule has 0 unspecified atom stereocenters. The van der Waals surface area contributed by atoms with Crippen LogP contribution in [0, 0.1) is 5.92 Å². The standard InChI is InChI=1S/C19H15.Cs/c1-4-10-16(11-5-1)19(17-12-6-2-7-13-17)18-14-8-3-9-15-18;/h1-15H;/q-1;+1. The molecule has 0 nitrogen and oxygen atoms in total. The predicted molar refractivity (Wildman–Crippen MR) is 79.9 cm³/mol. The minimum atomic E-state index is 0. The molecule has 1 heteroatoms. The van der Waals surface area contributed by atoms with Crippen LogP contribution in [-0.2, 0) is 0 Å². The summed E-state index contributed by atoms with van der Waals surface area (Å²) in [6, 6.07) is 31.6. The van der Waals surface area contributed by atoms with Gasteiger partial charge in [0.05, 0.1) is 0 Å². The molecule has 0 heterocycles. The fraction of sp³-hybridized carbons (Fsp3) is 0. The van der Waals surface area contributed by atoms with Crippen LogP contribution in [0.4, 0.5) is 0 Å². The van der Waals surface area contributed by atoms with E-state index in [2.05, 4.69) is 91.0 Å². The van der Waals surface area contributed by atoms with Crippen LogP contribution >= 0.6 is 0 Å². The van der Waals surface area contributed by atoms with Crippen molar-refractivity contribution in [3.05, 3.63) is 114 Å². The van der Waals surface area contributed by atoms with Crippen molar-refractivity contribution in [3.63, 3.8) is 0 Å². The van der Waals surface area contributed by atoms with Gasteiger partial charge in [-0.1, -0.05) is 114 Å². The van der Waals surface area contributed by atoms with Gasteiger partial charge in [0.1, 0.15) is 0 Å². The molecule has 0 bridgehead atoms. The molecule has 0 fully saturated rings. The van der Waals surface area contributed by atoms with E-state index in [-0.39, 0.29) is 68.9 Å². The third-order valence-electron chi connectivity index (χ3n) is 3.19. The van der Waals surface area contributed by atoms with Gasteiger partial charge in [-0.3, -0.25) is 0 Å². The van der Waals surface area contributed by atoms with Crippen molar-refractivity contribution in [2.45, 2.75) is 0 Å². The molecule has 0 aliphatic heterocycles. The van der Waals surface area contributed by atoms with Crippen LogP contribution in [-0.4, -0.2) is 0 Å². The minimum absolute atomic E-state index is 0. The molecular formula is C19H15Cs. The molecule has 3 aromatic carbocycles. The van der Waals surface area contributed by atoms with E-state index in [1.807, 2.05) is 0 Å². The van der Waals surface area contributed by atoms with Crippen LogP contribution in [0.5, 0.6) is 0 Å². The maximum absolute atomic E-state index is 2.16. The Labute approximate surface area is 179 Å². The van der Waals surface area contributed by atoms with Crippen molar-refractivity contribution in [1.29, 1.82) is 0 Å². The Morgan fingerprint density at radius 2 is 0.650 bits per heavy atom. The van der Waals surface area contributed by atoms with Crippen molar-refractivity contribution in [1.82, 2.24) is 0 Å². The van der Waals surface area contributed by atoms with E-state index in [4.69, 9.17) is 0 Å². The van der Waals surface area contributed by atoms with Gasteiger partial charge in [0.25, 0.3) is 0 Å². The molecule has 0 aliphatic carbocycles. The molecule has 0 amide bonds.